The van der Waals surface area contributed by atoms with Crippen LogP contribution in [-0.4, -0.2) is 37.7 Å². The molecule has 1 aliphatic carbocycles. The van der Waals surface area contributed by atoms with Gasteiger partial charge in [-0.2, -0.15) is 0 Å². The van der Waals surface area contributed by atoms with E-state index in [9.17, 15) is 9.59 Å². The van der Waals surface area contributed by atoms with E-state index >= 15 is 0 Å². The van der Waals surface area contributed by atoms with Crippen LogP contribution < -0.4 is 11.2 Å². The maximum Gasteiger partial charge on any atom is 0.332 e. The third kappa shape index (κ3) is 2.93. The minimum absolute atomic E-state index is 0.177. The zero-order valence-electron chi connectivity index (χ0n) is 14.7. The first-order valence-electron chi connectivity index (χ1n) is 8.94. The summed E-state index contributed by atoms with van der Waals surface area (Å²) < 4.78 is 15.9. The fraction of sp³-hybridized carbons (Fsp3) is 0.706. The maximum absolute atomic E-state index is 12.8. The average molecular weight is 348 g/mol. The third-order valence-corrected chi connectivity index (χ3v) is 5.10. The molecule has 2 fully saturated rings. The zero-order valence-corrected chi connectivity index (χ0v) is 14.7. The molecular weight excluding hydrogens is 324 g/mol. The predicted molar refractivity (Wildman–Crippen MR) is 91.7 cm³/mol. The van der Waals surface area contributed by atoms with E-state index in [1.807, 2.05) is 6.92 Å². The lowest BCUT2D eigenvalue weighted by Gasteiger charge is -2.22. The van der Waals surface area contributed by atoms with Crippen molar-refractivity contribution in [1.29, 1.82) is 0 Å². The van der Waals surface area contributed by atoms with Crippen LogP contribution >= 0.6 is 0 Å². The highest BCUT2D eigenvalue weighted by molar-refractivity contribution is 5.70. The number of nitrogens with zero attached hydrogens (tertiary/aromatic N) is 4. The molecule has 0 amide bonds. The van der Waals surface area contributed by atoms with Crippen molar-refractivity contribution >= 4 is 11.2 Å². The molecule has 1 saturated heterocycles. The summed E-state index contributed by atoms with van der Waals surface area (Å²) in [6, 6.07) is 0.177. The van der Waals surface area contributed by atoms with Crippen LogP contribution in [0.3, 0.4) is 0 Å². The van der Waals surface area contributed by atoms with Crippen molar-refractivity contribution in [2.45, 2.75) is 57.4 Å². The van der Waals surface area contributed by atoms with Gasteiger partial charge in [0.25, 0.3) is 5.56 Å². The van der Waals surface area contributed by atoms with E-state index in [2.05, 4.69) is 4.98 Å². The molecule has 4 rings (SSSR count). The molecule has 2 aromatic rings. The molecule has 2 aromatic heterocycles. The summed E-state index contributed by atoms with van der Waals surface area (Å²) in [5.74, 6) is -0.523. The lowest BCUT2D eigenvalue weighted by molar-refractivity contribution is -0.147. The number of imidazole rings is 1. The largest absolute Gasteiger partial charge is 0.348 e. The fourth-order valence-corrected chi connectivity index (χ4v) is 3.55. The monoisotopic (exact) mass is 348 g/mol. The van der Waals surface area contributed by atoms with Crippen molar-refractivity contribution in [3.63, 3.8) is 0 Å². The van der Waals surface area contributed by atoms with Gasteiger partial charge in [0.15, 0.2) is 17.0 Å². The Balaban J connectivity index is 1.58. The molecule has 0 N–H and O–H groups in total. The van der Waals surface area contributed by atoms with Crippen molar-refractivity contribution in [2.24, 2.45) is 7.05 Å². The Bertz CT molecular complexity index is 900. The van der Waals surface area contributed by atoms with E-state index in [1.54, 1.807) is 22.5 Å². The molecular formula is C17H24N4O4. The first-order chi connectivity index (χ1) is 12.0. The van der Waals surface area contributed by atoms with Crippen molar-refractivity contribution < 1.29 is 9.47 Å². The molecule has 0 spiro atoms. The number of aromatic nitrogens is 4. The molecule has 0 unspecified atom stereocenters. The number of hydrogen-bond acceptors (Lipinski definition) is 5. The van der Waals surface area contributed by atoms with Crippen LogP contribution in [0.15, 0.2) is 15.9 Å². The van der Waals surface area contributed by atoms with Crippen molar-refractivity contribution in [1.82, 2.24) is 18.7 Å². The van der Waals surface area contributed by atoms with E-state index in [-0.39, 0.29) is 17.3 Å². The van der Waals surface area contributed by atoms with Gasteiger partial charge in [-0.05, 0) is 32.6 Å². The summed E-state index contributed by atoms with van der Waals surface area (Å²) in [5, 5.41) is 0. The van der Waals surface area contributed by atoms with Gasteiger partial charge in [0.05, 0.1) is 19.5 Å². The Morgan fingerprint density at radius 1 is 1.24 bits per heavy atom. The average Bonchev–Trinajstić information content (AvgIpc) is 3.20. The van der Waals surface area contributed by atoms with E-state index < -0.39 is 5.79 Å². The summed E-state index contributed by atoms with van der Waals surface area (Å²) in [5.41, 5.74) is 0.521. The lowest BCUT2D eigenvalue weighted by atomic mass is 10.1. The van der Waals surface area contributed by atoms with Crippen LogP contribution in [0, 0.1) is 0 Å². The van der Waals surface area contributed by atoms with Gasteiger partial charge in [-0.15, -0.1) is 0 Å². The van der Waals surface area contributed by atoms with Crippen LogP contribution in [-0.2, 0) is 23.1 Å². The minimum atomic E-state index is -0.523. The molecule has 1 saturated carbocycles. The second-order valence-electron chi connectivity index (χ2n) is 7.16. The number of aryl methyl sites for hydroxylation is 1. The summed E-state index contributed by atoms with van der Waals surface area (Å²) in [6.45, 7) is 3.59. The van der Waals surface area contributed by atoms with Gasteiger partial charge in [-0.25, -0.2) is 9.78 Å². The number of hydrogen-bond donors (Lipinski definition) is 0. The quantitative estimate of drug-likeness (QED) is 0.732. The van der Waals surface area contributed by atoms with Crippen LogP contribution in [0.1, 0.15) is 45.1 Å². The van der Waals surface area contributed by atoms with Crippen molar-refractivity contribution in [3.05, 3.63) is 27.2 Å². The lowest BCUT2D eigenvalue weighted by Crippen LogP contribution is -2.40. The molecule has 3 heterocycles. The standard InChI is InChI=1S/C17H24N4O4/c1-17(24-9-10-25-17)7-3-4-8-20-15(22)13-14(18-11-19(13)2)21(16(20)23)12-5-6-12/h11-12H,3-10H2,1-2H3. The second kappa shape index (κ2) is 6.10. The van der Waals surface area contributed by atoms with E-state index in [1.165, 1.54) is 4.57 Å². The van der Waals surface area contributed by atoms with E-state index in [0.29, 0.717) is 30.9 Å². The highest BCUT2D eigenvalue weighted by atomic mass is 16.7. The number of fused-ring (bicyclic) bond motifs is 1. The van der Waals surface area contributed by atoms with Crippen LogP contribution in [0.5, 0.6) is 0 Å². The van der Waals surface area contributed by atoms with Gasteiger partial charge in [0, 0.05) is 26.1 Å². The number of ether oxygens (including phenoxy) is 2. The molecule has 0 radical (unpaired) electrons. The molecule has 0 bridgehead atoms. The molecule has 1 aliphatic heterocycles. The van der Waals surface area contributed by atoms with Gasteiger partial charge >= 0.3 is 5.69 Å². The summed E-state index contributed by atoms with van der Waals surface area (Å²) in [4.78, 5) is 29.9. The van der Waals surface area contributed by atoms with E-state index in [4.69, 9.17) is 9.47 Å². The normalized spacial score (nSPS) is 19.8. The number of rotatable bonds is 6. The summed E-state index contributed by atoms with van der Waals surface area (Å²) in [7, 11) is 1.79. The molecule has 8 nitrogen and oxygen atoms in total. The van der Waals surface area contributed by atoms with Crippen LogP contribution in [0.25, 0.3) is 11.2 Å². The Kier molecular flexibility index (Phi) is 4.04. The van der Waals surface area contributed by atoms with Crippen molar-refractivity contribution in [3.8, 4) is 0 Å². The molecule has 0 atom stereocenters. The maximum atomic E-state index is 12.8. The Labute approximate surface area is 145 Å². The SMILES string of the molecule is Cn1cnc2c1c(=O)n(CCCCC1(C)OCCO1)c(=O)n2C1CC1. The molecule has 8 heteroatoms. The van der Waals surface area contributed by atoms with Gasteiger partial charge in [-0.3, -0.25) is 13.9 Å². The first-order valence-corrected chi connectivity index (χ1v) is 8.94. The van der Waals surface area contributed by atoms with Crippen LogP contribution in [0.4, 0.5) is 0 Å². The minimum Gasteiger partial charge on any atom is -0.348 e. The highest BCUT2D eigenvalue weighted by Gasteiger charge is 2.31. The summed E-state index contributed by atoms with van der Waals surface area (Å²) >= 11 is 0. The second-order valence-corrected chi connectivity index (χ2v) is 7.16. The van der Waals surface area contributed by atoms with E-state index in [0.717, 1.165) is 32.1 Å². The Morgan fingerprint density at radius 3 is 2.64 bits per heavy atom. The fourth-order valence-electron chi connectivity index (χ4n) is 3.55. The molecule has 136 valence electrons. The van der Waals surface area contributed by atoms with Crippen molar-refractivity contribution in [2.75, 3.05) is 13.2 Å². The van der Waals surface area contributed by atoms with Gasteiger partial charge in [-0.1, -0.05) is 0 Å². The smallest absolute Gasteiger partial charge is 0.332 e. The molecule has 0 aromatic carbocycles. The zero-order chi connectivity index (χ0) is 17.6. The first kappa shape index (κ1) is 16.5. The van der Waals surface area contributed by atoms with Gasteiger partial charge in [0.1, 0.15) is 0 Å². The Morgan fingerprint density at radius 2 is 1.96 bits per heavy atom. The molecule has 2 aliphatic rings. The third-order valence-electron chi connectivity index (χ3n) is 5.10. The number of unbranched alkanes of at least 4 members (excludes halogenated alkanes) is 1. The van der Waals surface area contributed by atoms with Gasteiger partial charge < -0.3 is 14.0 Å². The highest BCUT2D eigenvalue weighted by Crippen LogP contribution is 2.34. The summed E-state index contributed by atoms with van der Waals surface area (Å²) in [6.07, 6.45) is 5.85. The topological polar surface area (TPSA) is 80.3 Å². The molecule has 25 heavy (non-hydrogen) atoms. The Hall–Kier alpha value is -1.93. The predicted octanol–water partition coefficient (Wildman–Crippen LogP) is 1.16. The van der Waals surface area contributed by atoms with Gasteiger partial charge in [0.2, 0.25) is 0 Å². The van der Waals surface area contributed by atoms with Crippen LogP contribution in [0.2, 0.25) is 0 Å².